The highest BCUT2D eigenvalue weighted by Gasteiger charge is 2.54. The Kier molecular flexibility index (Phi) is 3.59. The van der Waals surface area contributed by atoms with Crippen molar-refractivity contribution in [1.29, 1.82) is 0 Å². The van der Waals surface area contributed by atoms with E-state index < -0.39 is 10.0 Å². The lowest BCUT2D eigenvalue weighted by Crippen LogP contribution is -2.60. The van der Waals surface area contributed by atoms with Gasteiger partial charge in [-0.1, -0.05) is 0 Å². The third-order valence-electron chi connectivity index (χ3n) is 5.38. The first-order valence-corrected chi connectivity index (χ1v) is 10.5. The number of hydrogen-bond donors (Lipinski definition) is 0. The molecule has 2 unspecified atom stereocenters. The van der Waals surface area contributed by atoms with Crippen LogP contribution >= 0.6 is 11.3 Å². The normalized spacial score (nSPS) is 28.0. The second-order valence-electron chi connectivity index (χ2n) is 7.19. The zero-order valence-corrected chi connectivity index (χ0v) is 15.1. The summed E-state index contributed by atoms with van der Waals surface area (Å²) in [5.74, 6) is 2.01. The van der Waals surface area contributed by atoms with Crippen molar-refractivity contribution < 1.29 is 13.2 Å². The molecule has 0 bridgehead atoms. The fraction of sp³-hybridized carbons (Fsp3) is 0.688. The minimum atomic E-state index is -3.57. The molecule has 1 aliphatic heterocycles. The van der Waals surface area contributed by atoms with E-state index in [1.165, 1.54) is 55.4 Å². The minimum absolute atomic E-state index is 0.0887. The van der Waals surface area contributed by atoms with E-state index in [2.05, 4.69) is 0 Å². The predicted molar refractivity (Wildman–Crippen MR) is 89.0 cm³/mol. The molecule has 126 valence electrons. The van der Waals surface area contributed by atoms with E-state index in [1.54, 1.807) is 11.4 Å². The van der Waals surface area contributed by atoms with Crippen molar-refractivity contribution in [3.63, 3.8) is 0 Å². The Hall–Kier alpha value is -0.920. The highest BCUT2D eigenvalue weighted by Crippen LogP contribution is 2.52. The molecule has 2 atom stereocenters. The van der Waals surface area contributed by atoms with Gasteiger partial charge in [-0.3, -0.25) is 4.79 Å². The molecule has 1 aromatic rings. The molecule has 7 heteroatoms. The topological polar surface area (TPSA) is 57.7 Å². The first kappa shape index (κ1) is 15.6. The summed E-state index contributed by atoms with van der Waals surface area (Å²) >= 11 is 1.24. The Morgan fingerprint density at radius 1 is 1.22 bits per heavy atom. The van der Waals surface area contributed by atoms with Gasteiger partial charge in [0.1, 0.15) is 9.77 Å². The van der Waals surface area contributed by atoms with Gasteiger partial charge in [0.05, 0.1) is 0 Å². The van der Waals surface area contributed by atoms with Crippen molar-refractivity contribution in [1.82, 2.24) is 9.21 Å². The molecular weight excluding hydrogens is 332 g/mol. The van der Waals surface area contributed by atoms with Gasteiger partial charge in [-0.05, 0) is 49.0 Å². The summed E-state index contributed by atoms with van der Waals surface area (Å²) in [6.45, 7) is 0.810. The summed E-state index contributed by atoms with van der Waals surface area (Å²) in [4.78, 5) is 15.4. The number of rotatable bonds is 5. The average molecular weight is 354 g/mol. The summed E-state index contributed by atoms with van der Waals surface area (Å²) in [6, 6.07) is 1.91. The Morgan fingerprint density at radius 3 is 2.43 bits per heavy atom. The van der Waals surface area contributed by atoms with E-state index >= 15 is 0 Å². The average Bonchev–Trinajstić information content (AvgIpc) is 3.38. The molecule has 2 heterocycles. The van der Waals surface area contributed by atoms with Crippen LogP contribution in [-0.4, -0.2) is 50.2 Å². The van der Waals surface area contributed by atoms with E-state index in [-0.39, 0.29) is 10.8 Å². The Labute approximate surface area is 141 Å². The molecule has 1 aromatic heterocycles. The lowest BCUT2D eigenvalue weighted by molar-refractivity contribution is -0.00187. The number of carbonyl (C=O) groups excluding carboxylic acids is 1. The number of thiophene rings is 1. The van der Waals surface area contributed by atoms with Crippen LogP contribution < -0.4 is 0 Å². The summed E-state index contributed by atoms with van der Waals surface area (Å²) < 4.78 is 26.0. The molecule has 0 aromatic carbocycles. The van der Waals surface area contributed by atoms with Crippen LogP contribution in [0.4, 0.5) is 0 Å². The van der Waals surface area contributed by atoms with Crippen LogP contribution in [0.25, 0.3) is 0 Å². The SMILES string of the molecule is CN(C)S(=O)(=O)c1ccsc1C(=O)N1CC(C2CC2)C1C1CC1. The maximum atomic E-state index is 13.0. The largest absolute Gasteiger partial charge is 0.334 e. The molecule has 1 amide bonds. The number of carbonyl (C=O) groups is 1. The second kappa shape index (κ2) is 5.29. The Balaban J connectivity index is 1.60. The van der Waals surface area contributed by atoms with Crippen LogP contribution in [0.15, 0.2) is 16.3 Å². The maximum absolute atomic E-state index is 13.0. The van der Waals surface area contributed by atoms with Crippen LogP contribution in [-0.2, 0) is 10.0 Å². The Morgan fingerprint density at radius 2 is 1.87 bits per heavy atom. The molecule has 0 spiro atoms. The first-order chi connectivity index (χ1) is 10.9. The lowest BCUT2D eigenvalue weighted by Gasteiger charge is -2.49. The molecule has 3 aliphatic rings. The lowest BCUT2D eigenvalue weighted by atomic mass is 9.81. The molecule has 5 nitrogen and oxygen atoms in total. The molecule has 3 fully saturated rings. The van der Waals surface area contributed by atoms with E-state index in [1.807, 2.05) is 4.90 Å². The van der Waals surface area contributed by atoms with Gasteiger partial charge < -0.3 is 4.90 Å². The molecule has 0 N–H and O–H groups in total. The van der Waals surface area contributed by atoms with Crippen molar-refractivity contribution in [2.24, 2.45) is 17.8 Å². The van der Waals surface area contributed by atoms with E-state index in [4.69, 9.17) is 0 Å². The Bertz CT molecular complexity index is 732. The number of sulfonamides is 1. The van der Waals surface area contributed by atoms with E-state index in [0.29, 0.717) is 22.8 Å². The second-order valence-corrected chi connectivity index (χ2v) is 10.2. The predicted octanol–water partition coefficient (Wildman–Crippen LogP) is 2.26. The quantitative estimate of drug-likeness (QED) is 0.815. The molecule has 2 aliphatic carbocycles. The smallest absolute Gasteiger partial charge is 0.265 e. The van der Waals surface area contributed by atoms with Crippen LogP contribution in [0.5, 0.6) is 0 Å². The summed E-state index contributed by atoms with van der Waals surface area (Å²) in [5, 5.41) is 1.70. The van der Waals surface area contributed by atoms with E-state index in [0.717, 1.165) is 12.5 Å². The number of amides is 1. The third-order valence-corrected chi connectivity index (χ3v) is 8.27. The standard InChI is InChI=1S/C16H22N2O3S2/c1-17(2)23(20,21)13-7-8-22-15(13)16(19)18-9-12(10-3-4-10)14(18)11-5-6-11/h7-8,10-12,14H,3-6,9H2,1-2H3. The van der Waals surface area contributed by atoms with Crippen LogP contribution in [0.3, 0.4) is 0 Å². The van der Waals surface area contributed by atoms with Crippen LogP contribution in [0, 0.1) is 17.8 Å². The first-order valence-electron chi connectivity index (χ1n) is 8.22. The molecule has 0 radical (unpaired) electrons. The van der Waals surface area contributed by atoms with Gasteiger partial charge >= 0.3 is 0 Å². The summed E-state index contributed by atoms with van der Waals surface area (Å²) in [6.07, 6.45) is 5.03. The number of nitrogens with zero attached hydrogens (tertiary/aromatic N) is 2. The van der Waals surface area contributed by atoms with Gasteiger partial charge in [-0.25, -0.2) is 12.7 Å². The molecule has 1 saturated heterocycles. The summed E-state index contributed by atoms with van der Waals surface area (Å²) in [7, 11) is -0.568. The van der Waals surface area contributed by atoms with Crippen molar-refractivity contribution in [2.75, 3.05) is 20.6 Å². The fourth-order valence-electron chi connectivity index (χ4n) is 3.75. The zero-order chi connectivity index (χ0) is 16.4. The molecule has 23 heavy (non-hydrogen) atoms. The van der Waals surface area contributed by atoms with Crippen LogP contribution in [0.1, 0.15) is 35.4 Å². The summed E-state index contributed by atoms with van der Waals surface area (Å²) in [5.41, 5.74) is 0. The van der Waals surface area contributed by atoms with Gasteiger partial charge in [0, 0.05) is 32.6 Å². The van der Waals surface area contributed by atoms with Gasteiger partial charge in [0.2, 0.25) is 10.0 Å². The third kappa shape index (κ3) is 2.53. The van der Waals surface area contributed by atoms with Crippen molar-refractivity contribution >= 4 is 27.3 Å². The highest BCUT2D eigenvalue weighted by atomic mass is 32.2. The molecule has 2 saturated carbocycles. The van der Waals surface area contributed by atoms with Crippen molar-refractivity contribution in [3.8, 4) is 0 Å². The minimum Gasteiger partial charge on any atom is -0.334 e. The monoisotopic (exact) mass is 354 g/mol. The van der Waals surface area contributed by atoms with Gasteiger partial charge in [0.15, 0.2) is 0 Å². The highest BCUT2D eigenvalue weighted by molar-refractivity contribution is 7.89. The van der Waals surface area contributed by atoms with Crippen molar-refractivity contribution in [3.05, 3.63) is 16.3 Å². The van der Waals surface area contributed by atoms with Gasteiger partial charge in [-0.15, -0.1) is 11.3 Å². The zero-order valence-electron chi connectivity index (χ0n) is 13.4. The van der Waals surface area contributed by atoms with Gasteiger partial charge in [-0.2, -0.15) is 0 Å². The number of likely N-dealkylation sites (tertiary alicyclic amines) is 1. The van der Waals surface area contributed by atoms with E-state index in [9.17, 15) is 13.2 Å². The van der Waals surface area contributed by atoms with Crippen LogP contribution in [0.2, 0.25) is 0 Å². The molecule has 4 rings (SSSR count). The maximum Gasteiger partial charge on any atom is 0.265 e. The molecular formula is C16H22N2O3S2. The van der Waals surface area contributed by atoms with Gasteiger partial charge in [0.25, 0.3) is 5.91 Å². The van der Waals surface area contributed by atoms with Crippen molar-refractivity contribution in [2.45, 2.75) is 36.6 Å². The fourth-order valence-corrected chi connectivity index (χ4v) is 5.99. The number of hydrogen-bond acceptors (Lipinski definition) is 4.